The molecule has 0 bridgehead atoms. The molecule has 2 aromatic rings. The minimum atomic E-state index is 0.397. The molecule has 0 aromatic carbocycles. The second kappa shape index (κ2) is 4.92. The first-order valence-electron chi connectivity index (χ1n) is 5.86. The first-order valence-corrected chi connectivity index (χ1v) is 6.68. The molecular weight excluding hydrogens is 230 g/mol. The highest BCUT2D eigenvalue weighted by atomic mass is 32.1. The van der Waals surface area contributed by atoms with Crippen LogP contribution >= 0.6 is 11.3 Å². The van der Waals surface area contributed by atoms with Crippen molar-refractivity contribution in [2.24, 2.45) is 7.05 Å². The summed E-state index contributed by atoms with van der Waals surface area (Å²) in [6, 6.07) is 4.79. The van der Waals surface area contributed by atoms with Crippen molar-refractivity contribution in [1.29, 1.82) is 0 Å². The van der Waals surface area contributed by atoms with Crippen LogP contribution in [0.2, 0.25) is 0 Å². The summed E-state index contributed by atoms with van der Waals surface area (Å²) in [6.07, 6.45) is 3.08. The van der Waals surface area contributed by atoms with Crippen LogP contribution in [0.1, 0.15) is 22.4 Å². The Morgan fingerprint density at radius 3 is 2.71 bits per heavy atom. The van der Waals surface area contributed by atoms with Crippen LogP contribution in [0, 0.1) is 13.8 Å². The summed E-state index contributed by atoms with van der Waals surface area (Å²) in [5.74, 6) is 0.947. The maximum Gasteiger partial charge on any atom is 0.202 e. The largest absolute Gasteiger partial charge is 0.353 e. The average Bonchev–Trinajstić information content (AvgIpc) is 2.74. The van der Waals surface area contributed by atoms with Crippen molar-refractivity contribution in [2.45, 2.75) is 33.2 Å². The van der Waals surface area contributed by atoms with E-state index in [4.69, 9.17) is 0 Å². The minimum absolute atomic E-state index is 0.397. The van der Waals surface area contributed by atoms with E-state index in [1.54, 1.807) is 0 Å². The van der Waals surface area contributed by atoms with Gasteiger partial charge in [0.05, 0.1) is 5.69 Å². The fourth-order valence-electron chi connectivity index (χ4n) is 1.92. The zero-order valence-corrected chi connectivity index (χ0v) is 11.6. The Kier molecular flexibility index (Phi) is 3.52. The third-order valence-electron chi connectivity index (χ3n) is 2.68. The van der Waals surface area contributed by atoms with Crippen LogP contribution in [0.4, 0.5) is 5.95 Å². The Morgan fingerprint density at radius 1 is 1.41 bits per heavy atom. The third-order valence-corrected chi connectivity index (χ3v) is 3.70. The van der Waals surface area contributed by atoms with Gasteiger partial charge in [0.25, 0.3) is 0 Å². The van der Waals surface area contributed by atoms with Gasteiger partial charge in [-0.3, -0.25) is 0 Å². The normalized spacial score (nSPS) is 12.7. The van der Waals surface area contributed by atoms with E-state index in [9.17, 15) is 0 Å². The van der Waals surface area contributed by atoms with Gasteiger partial charge in [0.15, 0.2) is 0 Å². The fraction of sp³-hybridized carbons (Fsp3) is 0.462. The molecule has 0 aliphatic carbocycles. The summed E-state index contributed by atoms with van der Waals surface area (Å²) >= 11 is 1.87. The van der Waals surface area contributed by atoms with E-state index >= 15 is 0 Å². The number of hydrogen-bond donors (Lipinski definition) is 1. The van der Waals surface area contributed by atoms with Crippen molar-refractivity contribution in [3.8, 4) is 0 Å². The predicted molar refractivity (Wildman–Crippen MR) is 73.8 cm³/mol. The number of nitrogens with one attached hydrogen (secondary N) is 1. The number of aromatic nitrogens is 2. The van der Waals surface area contributed by atoms with E-state index in [2.05, 4.69) is 36.3 Å². The highest BCUT2D eigenvalue weighted by molar-refractivity contribution is 7.11. The SMILES string of the molecule is Cc1cn(C)c(NC(C)Cc2ccc(C)s2)n1. The van der Waals surface area contributed by atoms with E-state index < -0.39 is 0 Å². The van der Waals surface area contributed by atoms with E-state index in [1.807, 2.05) is 36.1 Å². The van der Waals surface area contributed by atoms with Gasteiger partial charge in [-0.05, 0) is 32.9 Å². The molecule has 2 aromatic heterocycles. The summed E-state index contributed by atoms with van der Waals surface area (Å²) in [4.78, 5) is 7.25. The Balaban J connectivity index is 1.97. The van der Waals surface area contributed by atoms with Crippen LogP contribution in [-0.4, -0.2) is 15.6 Å². The number of hydrogen-bond acceptors (Lipinski definition) is 3. The Hall–Kier alpha value is -1.29. The molecule has 1 atom stereocenters. The van der Waals surface area contributed by atoms with Crippen LogP contribution < -0.4 is 5.32 Å². The van der Waals surface area contributed by atoms with Crippen LogP contribution in [0.3, 0.4) is 0 Å². The lowest BCUT2D eigenvalue weighted by molar-refractivity contribution is 0.769. The van der Waals surface area contributed by atoms with Crippen LogP contribution in [0.5, 0.6) is 0 Å². The maximum atomic E-state index is 4.45. The van der Waals surface area contributed by atoms with Gasteiger partial charge in [-0.1, -0.05) is 0 Å². The molecule has 0 amide bonds. The van der Waals surface area contributed by atoms with Gasteiger partial charge in [0.1, 0.15) is 0 Å². The molecule has 1 unspecified atom stereocenters. The van der Waals surface area contributed by atoms with E-state index in [0.717, 1.165) is 18.1 Å². The zero-order chi connectivity index (χ0) is 12.4. The standard InChI is InChI=1S/C13H19N3S/c1-9(7-12-6-5-11(3)17-12)14-13-15-10(2)8-16(13)4/h5-6,8-9H,7H2,1-4H3,(H,14,15). The van der Waals surface area contributed by atoms with E-state index in [-0.39, 0.29) is 0 Å². The van der Waals surface area contributed by atoms with Crippen LogP contribution in [0.25, 0.3) is 0 Å². The summed E-state index contributed by atoms with van der Waals surface area (Å²) in [5, 5.41) is 3.45. The van der Waals surface area contributed by atoms with Crippen molar-refractivity contribution in [3.05, 3.63) is 33.8 Å². The molecule has 17 heavy (non-hydrogen) atoms. The van der Waals surface area contributed by atoms with Gasteiger partial charge in [0, 0.05) is 35.5 Å². The lowest BCUT2D eigenvalue weighted by atomic mass is 10.2. The summed E-state index contributed by atoms with van der Waals surface area (Å²) < 4.78 is 2.03. The maximum absolute atomic E-state index is 4.45. The van der Waals surface area contributed by atoms with Crippen LogP contribution in [-0.2, 0) is 13.5 Å². The van der Waals surface area contributed by atoms with Crippen LogP contribution in [0.15, 0.2) is 18.3 Å². The monoisotopic (exact) mass is 249 g/mol. The van der Waals surface area contributed by atoms with Crippen molar-refractivity contribution in [3.63, 3.8) is 0 Å². The predicted octanol–water partition coefficient (Wildman–Crippen LogP) is 3.14. The molecule has 0 aliphatic heterocycles. The van der Waals surface area contributed by atoms with Gasteiger partial charge < -0.3 is 9.88 Å². The quantitative estimate of drug-likeness (QED) is 0.902. The van der Waals surface area contributed by atoms with Gasteiger partial charge in [-0.25, -0.2) is 4.98 Å². The first-order chi connectivity index (χ1) is 8.04. The number of thiophene rings is 1. The topological polar surface area (TPSA) is 29.9 Å². The molecule has 1 N–H and O–H groups in total. The molecule has 4 heteroatoms. The molecule has 2 rings (SSSR count). The van der Waals surface area contributed by atoms with E-state index in [1.165, 1.54) is 9.75 Å². The van der Waals surface area contributed by atoms with Gasteiger partial charge >= 0.3 is 0 Å². The Bertz CT molecular complexity index is 498. The minimum Gasteiger partial charge on any atom is -0.353 e. The van der Waals surface area contributed by atoms with Crippen molar-refractivity contribution in [2.75, 3.05) is 5.32 Å². The highest BCUT2D eigenvalue weighted by Gasteiger charge is 2.08. The second-order valence-corrected chi connectivity index (χ2v) is 5.95. The number of rotatable bonds is 4. The Morgan fingerprint density at radius 2 is 2.18 bits per heavy atom. The molecule has 0 spiro atoms. The van der Waals surface area contributed by atoms with Gasteiger partial charge in [-0.2, -0.15) is 0 Å². The zero-order valence-electron chi connectivity index (χ0n) is 10.8. The van der Waals surface area contributed by atoms with Crippen molar-refractivity contribution < 1.29 is 0 Å². The summed E-state index contributed by atoms with van der Waals surface area (Å²) in [5.41, 5.74) is 1.05. The van der Waals surface area contributed by atoms with Gasteiger partial charge in [0.2, 0.25) is 5.95 Å². The molecule has 0 aliphatic rings. The molecule has 0 saturated carbocycles. The summed E-state index contributed by atoms with van der Waals surface area (Å²) in [6.45, 7) is 6.35. The number of aryl methyl sites for hydroxylation is 3. The molecule has 3 nitrogen and oxygen atoms in total. The summed E-state index contributed by atoms with van der Waals surface area (Å²) in [7, 11) is 2.02. The molecule has 92 valence electrons. The molecule has 2 heterocycles. The molecular formula is C13H19N3S. The second-order valence-electron chi connectivity index (χ2n) is 4.58. The fourth-order valence-corrected chi connectivity index (χ4v) is 2.94. The molecule has 0 fully saturated rings. The molecule has 0 saturated heterocycles. The Labute approximate surface area is 107 Å². The number of nitrogens with zero attached hydrogens (tertiary/aromatic N) is 2. The molecule has 0 radical (unpaired) electrons. The first kappa shape index (κ1) is 12.2. The number of anilines is 1. The lowest BCUT2D eigenvalue weighted by Gasteiger charge is -2.13. The third kappa shape index (κ3) is 3.09. The van der Waals surface area contributed by atoms with Crippen molar-refractivity contribution in [1.82, 2.24) is 9.55 Å². The van der Waals surface area contributed by atoms with Gasteiger partial charge in [-0.15, -0.1) is 11.3 Å². The smallest absolute Gasteiger partial charge is 0.202 e. The van der Waals surface area contributed by atoms with E-state index in [0.29, 0.717) is 6.04 Å². The highest BCUT2D eigenvalue weighted by Crippen LogP contribution is 2.18. The lowest BCUT2D eigenvalue weighted by Crippen LogP contribution is -2.19. The van der Waals surface area contributed by atoms with Crippen molar-refractivity contribution >= 4 is 17.3 Å². The number of imidazole rings is 1. The average molecular weight is 249 g/mol.